The molecule has 0 radical (unpaired) electrons. The van der Waals surface area contributed by atoms with Crippen LogP contribution >= 0.6 is 15.9 Å². The third kappa shape index (κ3) is 3.98. The van der Waals surface area contributed by atoms with Crippen LogP contribution in [0.2, 0.25) is 0 Å². The largest absolute Gasteiger partial charge is 0.382 e. The highest BCUT2D eigenvalue weighted by molar-refractivity contribution is 9.10. The van der Waals surface area contributed by atoms with Gasteiger partial charge in [-0.2, -0.15) is 5.10 Å². The fraction of sp³-hybridized carbons (Fsp3) is 0.333. The van der Waals surface area contributed by atoms with E-state index in [1.165, 1.54) is 6.20 Å². The van der Waals surface area contributed by atoms with Crippen molar-refractivity contribution in [3.63, 3.8) is 0 Å². The maximum Gasteiger partial charge on any atom is 0.280 e. The lowest BCUT2D eigenvalue weighted by molar-refractivity contribution is 0.598. The highest BCUT2D eigenvalue weighted by atomic mass is 79.9. The number of anilines is 1. The number of aromatic nitrogens is 2. The minimum Gasteiger partial charge on any atom is -0.382 e. The van der Waals surface area contributed by atoms with Gasteiger partial charge in [-0.3, -0.25) is 4.79 Å². The van der Waals surface area contributed by atoms with E-state index in [0.717, 1.165) is 0 Å². The predicted molar refractivity (Wildman–Crippen MR) is 59.0 cm³/mol. The average Bonchev–Trinajstić information content (AvgIpc) is 2.10. The summed E-state index contributed by atoms with van der Waals surface area (Å²) in [6, 6.07) is 0. The van der Waals surface area contributed by atoms with E-state index in [4.69, 9.17) is 5.14 Å². The van der Waals surface area contributed by atoms with Gasteiger partial charge in [-0.1, -0.05) is 0 Å². The SMILES string of the molecule is NS(=O)(=O)CCNc1cn[nH]c(=O)c1Br. The van der Waals surface area contributed by atoms with Gasteiger partial charge in [0.1, 0.15) is 4.47 Å². The molecule has 1 aromatic rings. The van der Waals surface area contributed by atoms with Gasteiger partial charge in [0.15, 0.2) is 0 Å². The number of sulfonamides is 1. The zero-order chi connectivity index (χ0) is 11.5. The van der Waals surface area contributed by atoms with Gasteiger partial charge in [-0.05, 0) is 15.9 Å². The summed E-state index contributed by atoms with van der Waals surface area (Å²) in [5, 5.41) is 13.3. The van der Waals surface area contributed by atoms with Crippen molar-refractivity contribution >= 4 is 31.6 Å². The fourth-order valence-electron chi connectivity index (χ4n) is 0.835. The van der Waals surface area contributed by atoms with Crippen molar-refractivity contribution in [1.82, 2.24) is 10.2 Å². The molecule has 0 aliphatic carbocycles. The molecule has 0 amide bonds. The lowest BCUT2D eigenvalue weighted by Crippen LogP contribution is -2.23. The lowest BCUT2D eigenvalue weighted by Gasteiger charge is -2.05. The molecule has 0 bridgehead atoms. The number of halogens is 1. The van der Waals surface area contributed by atoms with Gasteiger partial charge in [-0.25, -0.2) is 18.7 Å². The summed E-state index contributed by atoms with van der Waals surface area (Å²) in [6.07, 6.45) is 1.37. The number of aromatic amines is 1. The van der Waals surface area contributed by atoms with Gasteiger partial charge < -0.3 is 5.32 Å². The molecule has 1 rings (SSSR count). The van der Waals surface area contributed by atoms with Crippen molar-refractivity contribution in [1.29, 1.82) is 0 Å². The Morgan fingerprint density at radius 2 is 2.27 bits per heavy atom. The van der Waals surface area contributed by atoms with Crippen molar-refractivity contribution in [2.75, 3.05) is 17.6 Å². The molecule has 4 N–H and O–H groups in total. The van der Waals surface area contributed by atoms with Crippen LogP contribution in [0.4, 0.5) is 5.69 Å². The number of nitrogens with zero attached hydrogens (tertiary/aromatic N) is 1. The van der Waals surface area contributed by atoms with Crippen molar-refractivity contribution in [2.24, 2.45) is 5.14 Å². The number of hydrogen-bond donors (Lipinski definition) is 3. The summed E-state index contributed by atoms with van der Waals surface area (Å²) in [5.74, 6) is -0.216. The highest BCUT2D eigenvalue weighted by Crippen LogP contribution is 2.14. The predicted octanol–water partition coefficient (Wildman–Crippen LogP) is -0.767. The molecule has 0 unspecified atom stereocenters. The van der Waals surface area contributed by atoms with Crippen LogP contribution in [0.3, 0.4) is 0 Å². The number of H-pyrrole nitrogens is 1. The van der Waals surface area contributed by atoms with E-state index in [0.29, 0.717) is 5.69 Å². The number of rotatable bonds is 4. The second kappa shape index (κ2) is 4.73. The van der Waals surface area contributed by atoms with E-state index >= 15 is 0 Å². The number of primary sulfonamides is 1. The van der Waals surface area contributed by atoms with E-state index in [2.05, 4.69) is 31.4 Å². The Hall–Kier alpha value is -0.930. The van der Waals surface area contributed by atoms with E-state index in [1.54, 1.807) is 0 Å². The van der Waals surface area contributed by atoms with E-state index in [-0.39, 0.29) is 16.8 Å². The number of nitrogens with one attached hydrogen (secondary N) is 2. The molecular weight excluding hydrogens is 288 g/mol. The van der Waals surface area contributed by atoms with Gasteiger partial charge in [0.05, 0.1) is 17.6 Å². The third-order valence-corrected chi connectivity index (χ3v) is 3.06. The van der Waals surface area contributed by atoms with E-state index < -0.39 is 15.6 Å². The van der Waals surface area contributed by atoms with Gasteiger partial charge in [0.25, 0.3) is 5.56 Å². The number of hydrogen-bond acceptors (Lipinski definition) is 5. The molecule has 0 saturated heterocycles. The Balaban J connectivity index is 2.67. The smallest absolute Gasteiger partial charge is 0.280 e. The van der Waals surface area contributed by atoms with Crippen LogP contribution in [0, 0.1) is 0 Å². The summed E-state index contributed by atoms with van der Waals surface area (Å²) in [6.45, 7) is 0.114. The Kier molecular flexibility index (Phi) is 3.83. The molecule has 7 nitrogen and oxygen atoms in total. The van der Waals surface area contributed by atoms with Crippen molar-refractivity contribution in [3.05, 3.63) is 21.0 Å². The normalized spacial score (nSPS) is 11.3. The third-order valence-electron chi connectivity index (χ3n) is 1.50. The van der Waals surface area contributed by atoms with Crippen LogP contribution in [-0.2, 0) is 10.0 Å². The second-order valence-corrected chi connectivity index (χ2v) is 5.25. The lowest BCUT2D eigenvalue weighted by atomic mass is 10.4. The minimum atomic E-state index is -3.50. The van der Waals surface area contributed by atoms with Gasteiger partial charge >= 0.3 is 0 Å². The Morgan fingerprint density at radius 1 is 1.60 bits per heavy atom. The van der Waals surface area contributed by atoms with Crippen molar-refractivity contribution in [2.45, 2.75) is 0 Å². The topological polar surface area (TPSA) is 118 Å². The van der Waals surface area contributed by atoms with Crippen LogP contribution in [-0.4, -0.2) is 30.9 Å². The first-order valence-corrected chi connectivity index (χ1v) is 6.38. The molecule has 84 valence electrons. The number of nitrogens with two attached hydrogens (primary N) is 1. The van der Waals surface area contributed by atoms with Crippen LogP contribution in [0.15, 0.2) is 15.5 Å². The molecule has 0 spiro atoms. The molecule has 15 heavy (non-hydrogen) atoms. The Labute approximate surface area is 94.2 Å². The maximum atomic E-state index is 11.1. The summed E-state index contributed by atoms with van der Waals surface area (Å²) >= 11 is 3.03. The molecule has 1 heterocycles. The highest BCUT2D eigenvalue weighted by Gasteiger charge is 2.05. The summed E-state index contributed by atoms with van der Waals surface area (Å²) in [5.41, 5.74) is 0.0259. The van der Waals surface area contributed by atoms with E-state index in [9.17, 15) is 13.2 Å². The summed E-state index contributed by atoms with van der Waals surface area (Å²) in [7, 11) is -3.50. The molecule has 0 aliphatic heterocycles. The quantitative estimate of drug-likeness (QED) is 0.674. The molecule has 9 heteroatoms. The molecule has 0 aliphatic rings. The fourth-order valence-corrected chi connectivity index (χ4v) is 1.55. The summed E-state index contributed by atoms with van der Waals surface area (Å²) < 4.78 is 21.5. The molecule has 0 aromatic carbocycles. The zero-order valence-corrected chi connectivity index (χ0v) is 9.93. The molecule has 0 fully saturated rings. The van der Waals surface area contributed by atoms with Crippen LogP contribution in [0.25, 0.3) is 0 Å². The van der Waals surface area contributed by atoms with Crippen molar-refractivity contribution in [3.8, 4) is 0 Å². The first-order chi connectivity index (χ1) is 6.90. The molecule has 1 aromatic heterocycles. The zero-order valence-electron chi connectivity index (χ0n) is 7.53. The van der Waals surface area contributed by atoms with Crippen LogP contribution in [0.5, 0.6) is 0 Å². The Morgan fingerprint density at radius 3 is 2.87 bits per heavy atom. The second-order valence-electron chi connectivity index (χ2n) is 2.72. The standard InChI is InChI=1S/C6H9BrN4O3S/c7-5-4(3-10-11-6(5)12)9-1-2-15(8,13)14/h3H,1-2H2,(H2,8,13,14)(H2,9,11,12). The minimum absolute atomic E-state index is 0.114. The molecule has 0 atom stereocenters. The average molecular weight is 297 g/mol. The molecular formula is C6H9BrN4O3S. The Bertz CT molecular complexity index is 497. The van der Waals surface area contributed by atoms with Crippen LogP contribution < -0.4 is 16.0 Å². The summed E-state index contributed by atoms with van der Waals surface area (Å²) in [4.78, 5) is 11.1. The monoisotopic (exact) mass is 296 g/mol. The van der Waals surface area contributed by atoms with Gasteiger partial charge in [-0.15, -0.1) is 0 Å². The first kappa shape index (κ1) is 12.1. The van der Waals surface area contributed by atoms with Crippen molar-refractivity contribution < 1.29 is 8.42 Å². The van der Waals surface area contributed by atoms with E-state index in [1.807, 2.05) is 0 Å². The first-order valence-electron chi connectivity index (χ1n) is 3.87. The van der Waals surface area contributed by atoms with Gasteiger partial charge in [0, 0.05) is 6.54 Å². The van der Waals surface area contributed by atoms with Crippen LogP contribution in [0.1, 0.15) is 0 Å². The molecule has 0 saturated carbocycles. The van der Waals surface area contributed by atoms with Gasteiger partial charge in [0.2, 0.25) is 10.0 Å². The maximum absolute atomic E-state index is 11.1.